The van der Waals surface area contributed by atoms with Crippen LogP contribution in [0.3, 0.4) is 0 Å². The number of hydrogen-bond donors (Lipinski definition) is 0. The Bertz CT molecular complexity index is 1010. The minimum atomic E-state index is -4.48. The molecule has 5 heteroatoms. The first-order valence-corrected chi connectivity index (χ1v) is 9.50. The highest BCUT2D eigenvalue weighted by atomic mass is 19.4. The molecule has 1 unspecified atom stereocenters. The lowest BCUT2D eigenvalue weighted by atomic mass is 9.91. The minimum absolute atomic E-state index is 0.0747. The maximum absolute atomic E-state index is 13.1. The highest BCUT2D eigenvalue weighted by Crippen LogP contribution is 2.28. The first-order chi connectivity index (χ1) is 14.3. The van der Waals surface area contributed by atoms with Gasteiger partial charge in [-0.1, -0.05) is 85.8 Å². The third-order valence-corrected chi connectivity index (χ3v) is 4.55. The molecule has 0 aromatic heterocycles. The summed E-state index contributed by atoms with van der Waals surface area (Å²) < 4.78 is 42.5. The summed E-state index contributed by atoms with van der Waals surface area (Å²) in [6.45, 7) is 0.437. The summed E-state index contributed by atoms with van der Waals surface area (Å²) in [4.78, 5) is 13.1. The zero-order valence-corrected chi connectivity index (χ0v) is 16.4. The molecule has 2 aromatic carbocycles. The van der Waals surface area contributed by atoms with Gasteiger partial charge < -0.3 is 4.74 Å². The van der Waals surface area contributed by atoms with Gasteiger partial charge in [-0.15, -0.1) is 0 Å². The zero-order chi connectivity index (χ0) is 21.6. The first-order valence-electron chi connectivity index (χ1n) is 9.50. The molecule has 1 atom stereocenters. The maximum Gasteiger partial charge on any atom is 0.422 e. The van der Waals surface area contributed by atoms with Gasteiger partial charge in [0.25, 0.3) is 0 Å². The second-order valence-electron chi connectivity index (χ2n) is 6.91. The molecule has 0 aliphatic heterocycles. The minimum Gasteiger partial charge on any atom is -0.483 e. The van der Waals surface area contributed by atoms with E-state index in [-0.39, 0.29) is 23.0 Å². The van der Waals surface area contributed by atoms with E-state index in [0.29, 0.717) is 5.57 Å². The summed E-state index contributed by atoms with van der Waals surface area (Å²) in [5.41, 5.74) is 2.60. The second kappa shape index (κ2) is 9.44. The number of ketones is 1. The molecule has 0 saturated carbocycles. The Hall–Kier alpha value is -3.34. The molecule has 0 amide bonds. The Labute approximate surface area is 173 Å². The van der Waals surface area contributed by atoms with Crippen LogP contribution in [0.1, 0.15) is 22.8 Å². The molecular formula is C25H21F3O2. The van der Waals surface area contributed by atoms with Crippen LogP contribution in [0.5, 0.6) is 5.75 Å². The number of Topliss-reactive ketones (excluding diaryl/α,β-unsaturated/α-hetero) is 1. The van der Waals surface area contributed by atoms with Crippen LogP contribution in [0.25, 0.3) is 6.08 Å². The number of benzene rings is 2. The van der Waals surface area contributed by atoms with Gasteiger partial charge in [0.1, 0.15) is 5.75 Å². The van der Waals surface area contributed by atoms with E-state index in [0.717, 1.165) is 11.1 Å². The third-order valence-electron chi connectivity index (χ3n) is 4.55. The van der Waals surface area contributed by atoms with Gasteiger partial charge in [-0.25, -0.2) is 0 Å². The Kier molecular flexibility index (Phi) is 6.72. The molecule has 0 radical (unpaired) electrons. The van der Waals surface area contributed by atoms with Gasteiger partial charge in [0.2, 0.25) is 0 Å². The Morgan fingerprint density at radius 3 is 2.47 bits per heavy atom. The predicted octanol–water partition coefficient (Wildman–Crippen LogP) is 6.58. The Morgan fingerprint density at radius 1 is 1.03 bits per heavy atom. The molecule has 0 spiro atoms. The van der Waals surface area contributed by atoms with Gasteiger partial charge in [0.15, 0.2) is 12.4 Å². The van der Waals surface area contributed by atoms with E-state index in [1.54, 1.807) is 24.3 Å². The molecule has 2 aromatic rings. The number of rotatable bonds is 6. The van der Waals surface area contributed by atoms with E-state index in [1.807, 2.05) is 61.6 Å². The van der Waals surface area contributed by atoms with Gasteiger partial charge in [0.05, 0.1) is 5.56 Å². The molecule has 2 nitrogen and oxygen atoms in total. The SMILES string of the molecule is CC1C=C(C=Cc2ccccc2)C=CC=C1C(=O)c1ccccc1OCC(F)(F)F. The van der Waals surface area contributed by atoms with Gasteiger partial charge in [0, 0.05) is 11.5 Å². The predicted molar refractivity (Wildman–Crippen MR) is 112 cm³/mol. The van der Waals surface area contributed by atoms with Gasteiger partial charge in [-0.05, 0) is 23.3 Å². The van der Waals surface area contributed by atoms with E-state index in [1.165, 1.54) is 12.1 Å². The van der Waals surface area contributed by atoms with Crippen molar-refractivity contribution in [2.75, 3.05) is 6.61 Å². The maximum atomic E-state index is 13.1. The fourth-order valence-electron chi connectivity index (χ4n) is 3.09. The van der Waals surface area contributed by atoms with E-state index in [9.17, 15) is 18.0 Å². The molecule has 1 aliphatic carbocycles. The topological polar surface area (TPSA) is 26.3 Å². The number of halogens is 3. The first kappa shape index (κ1) is 21.4. The summed E-state index contributed by atoms with van der Waals surface area (Å²) in [6.07, 6.45) is 6.79. The summed E-state index contributed by atoms with van der Waals surface area (Å²) in [5.74, 6) is -0.651. The normalized spacial score (nSPS) is 16.7. The fraction of sp³-hybridized carbons (Fsp3) is 0.160. The largest absolute Gasteiger partial charge is 0.483 e. The van der Waals surface area contributed by atoms with Crippen molar-refractivity contribution >= 4 is 11.9 Å². The standard InChI is InChI=1S/C25H21F3O2/c1-18-16-20(15-14-19-8-3-2-4-9-19)10-7-12-21(18)24(29)22-11-5-6-13-23(22)30-17-25(26,27)28/h2-16,18H,17H2,1H3. The van der Waals surface area contributed by atoms with Gasteiger partial charge >= 0.3 is 6.18 Å². The third kappa shape index (κ3) is 5.83. The van der Waals surface area contributed by atoms with Crippen LogP contribution in [-0.4, -0.2) is 18.6 Å². The number of allylic oxidation sites excluding steroid dienone is 7. The van der Waals surface area contributed by atoms with Crippen LogP contribution in [0.4, 0.5) is 13.2 Å². The van der Waals surface area contributed by atoms with Crippen LogP contribution >= 0.6 is 0 Å². The van der Waals surface area contributed by atoms with Crippen LogP contribution in [0, 0.1) is 5.92 Å². The lowest BCUT2D eigenvalue weighted by molar-refractivity contribution is -0.153. The van der Waals surface area contributed by atoms with Crippen LogP contribution in [0.15, 0.2) is 96.1 Å². The number of hydrogen-bond acceptors (Lipinski definition) is 2. The van der Waals surface area contributed by atoms with Crippen molar-refractivity contribution in [3.63, 3.8) is 0 Å². The Balaban J connectivity index is 1.80. The van der Waals surface area contributed by atoms with Crippen LogP contribution in [-0.2, 0) is 0 Å². The monoisotopic (exact) mass is 410 g/mol. The number of carbonyl (C=O) groups is 1. The quantitative estimate of drug-likeness (QED) is 0.503. The van der Waals surface area contributed by atoms with Crippen molar-refractivity contribution in [3.8, 4) is 5.75 Å². The van der Waals surface area contributed by atoms with Crippen molar-refractivity contribution in [1.29, 1.82) is 0 Å². The van der Waals surface area contributed by atoms with Crippen molar-refractivity contribution in [3.05, 3.63) is 107 Å². The molecule has 0 fully saturated rings. The van der Waals surface area contributed by atoms with Crippen molar-refractivity contribution in [2.24, 2.45) is 5.92 Å². The molecular weight excluding hydrogens is 389 g/mol. The number of carbonyl (C=O) groups excluding carboxylic acids is 1. The smallest absolute Gasteiger partial charge is 0.422 e. The summed E-state index contributed by atoms with van der Waals surface area (Å²) in [5, 5.41) is 0. The highest BCUT2D eigenvalue weighted by molar-refractivity contribution is 6.11. The molecule has 1 aliphatic rings. The molecule has 30 heavy (non-hydrogen) atoms. The summed E-state index contributed by atoms with van der Waals surface area (Å²) in [6, 6.07) is 15.8. The summed E-state index contributed by atoms with van der Waals surface area (Å²) in [7, 11) is 0. The summed E-state index contributed by atoms with van der Waals surface area (Å²) >= 11 is 0. The van der Waals surface area contributed by atoms with E-state index >= 15 is 0 Å². The van der Waals surface area contributed by atoms with E-state index in [4.69, 9.17) is 4.74 Å². The van der Waals surface area contributed by atoms with E-state index < -0.39 is 12.8 Å². The van der Waals surface area contributed by atoms with Crippen molar-refractivity contribution < 1.29 is 22.7 Å². The Morgan fingerprint density at radius 2 is 1.73 bits per heavy atom. The molecule has 0 heterocycles. The average molecular weight is 410 g/mol. The molecule has 0 saturated heterocycles. The average Bonchev–Trinajstić information content (AvgIpc) is 2.91. The lowest BCUT2D eigenvalue weighted by Crippen LogP contribution is -2.20. The second-order valence-corrected chi connectivity index (χ2v) is 6.91. The number of ether oxygens (including phenoxy) is 1. The number of para-hydroxylation sites is 1. The number of alkyl halides is 3. The van der Waals surface area contributed by atoms with Crippen LogP contribution < -0.4 is 4.74 Å². The van der Waals surface area contributed by atoms with E-state index in [2.05, 4.69) is 0 Å². The van der Waals surface area contributed by atoms with Gasteiger partial charge in [-0.2, -0.15) is 13.2 Å². The lowest BCUT2D eigenvalue weighted by Gasteiger charge is -2.15. The molecule has 3 rings (SSSR count). The molecule has 0 N–H and O–H groups in total. The zero-order valence-electron chi connectivity index (χ0n) is 16.4. The van der Waals surface area contributed by atoms with Crippen molar-refractivity contribution in [1.82, 2.24) is 0 Å². The van der Waals surface area contributed by atoms with Gasteiger partial charge in [-0.3, -0.25) is 4.79 Å². The molecule has 0 bridgehead atoms. The van der Waals surface area contributed by atoms with Crippen LogP contribution in [0.2, 0.25) is 0 Å². The molecule has 154 valence electrons. The highest BCUT2D eigenvalue weighted by Gasteiger charge is 2.29. The van der Waals surface area contributed by atoms with Crippen molar-refractivity contribution in [2.45, 2.75) is 13.1 Å². The fourth-order valence-corrected chi connectivity index (χ4v) is 3.09.